The fourth-order valence-corrected chi connectivity index (χ4v) is 1.95. The first-order valence-electron chi connectivity index (χ1n) is 6.62. The maximum Gasteiger partial charge on any atom is 0.354 e. The maximum absolute atomic E-state index is 11.1. The number of methoxy groups -OCH3 is 1. The number of nitrogens with zero attached hydrogens (tertiary/aromatic N) is 1. The lowest BCUT2D eigenvalue weighted by Gasteiger charge is -2.12. The molecule has 1 aromatic heterocycles. The van der Waals surface area contributed by atoms with E-state index >= 15 is 0 Å². The molecule has 0 spiro atoms. The zero-order chi connectivity index (χ0) is 15.2. The summed E-state index contributed by atoms with van der Waals surface area (Å²) in [5, 5.41) is 9.09. The molecule has 0 unspecified atom stereocenters. The number of aryl methyl sites for hydroxylation is 1. The average Bonchev–Trinajstić information content (AvgIpc) is 2.52. The Morgan fingerprint density at radius 3 is 2.76 bits per heavy atom. The first-order valence-corrected chi connectivity index (χ1v) is 6.62. The Morgan fingerprint density at radius 2 is 2.10 bits per heavy atom. The number of rotatable bonds is 6. The SMILES string of the molecule is CCc1ccc(OCc2cccnc2C(=O)O)c(OC)c1. The Balaban J connectivity index is 2.19. The van der Waals surface area contributed by atoms with Gasteiger partial charge in [0, 0.05) is 11.8 Å². The van der Waals surface area contributed by atoms with E-state index in [0.717, 1.165) is 12.0 Å². The third-order valence-corrected chi connectivity index (χ3v) is 3.11. The molecule has 5 heteroatoms. The van der Waals surface area contributed by atoms with Gasteiger partial charge in [0.05, 0.1) is 7.11 Å². The Labute approximate surface area is 123 Å². The number of benzene rings is 1. The van der Waals surface area contributed by atoms with Crippen LogP contribution >= 0.6 is 0 Å². The molecular weight excluding hydrogens is 270 g/mol. The molecule has 0 amide bonds. The second-order valence-corrected chi connectivity index (χ2v) is 4.44. The number of hydrogen-bond acceptors (Lipinski definition) is 4. The van der Waals surface area contributed by atoms with Crippen LogP contribution in [0.4, 0.5) is 0 Å². The molecule has 1 N–H and O–H groups in total. The summed E-state index contributed by atoms with van der Waals surface area (Å²) in [6, 6.07) is 9.07. The van der Waals surface area contributed by atoms with Gasteiger partial charge in [0.15, 0.2) is 17.2 Å². The monoisotopic (exact) mass is 287 g/mol. The van der Waals surface area contributed by atoms with Gasteiger partial charge < -0.3 is 14.6 Å². The summed E-state index contributed by atoms with van der Waals surface area (Å²) in [4.78, 5) is 14.9. The van der Waals surface area contributed by atoms with E-state index in [0.29, 0.717) is 17.1 Å². The van der Waals surface area contributed by atoms with Crippen molar-refractivity contribution in [3.8, 4) is 11.5 Å². The van der Waals surface area contributed by atoms with Crippen LogP contribution in [0.2, 0.25) is 0 Å². The van der Waals surface area contributed by atoms with Crippen molar-refractivity contribution in [3.05, 3.63) is 53.3 Å². The van der Waals surface area contributed by atoms with E-state index in [1.54, 1.807) is 19.2 Å². The highest BCUT2D eigenvalue weighted by molar-refractivity contribution is 5.86. The molecule has 2 rings (SSSR count). The fraction of sp³-hybridized carbons (Fsp3) is 0.250. The predicted octanol–water partition coefficient (Wildman–Crippen LogP) is 2.93. The van der Waals surface area contributed by atoms with Gasteiger partial charge in [0.25, 0.3) is 0 Å². The third kappa shape index (κ3) is 3.51. The maximum atomic E-state index is 11.1. The number of hydrogen-bond donors (Lipinski definition) is 1. The lowest BCUT2D eigenvalue weighted by atomic mass is 10.1. The van der Waals surface area contributed by atoms with E-state index in [1.165, 1.54) is 6.20 Å². The summed E-state index contributed by atoms with van der Waals surface area (Å²) < 4.78 is 11.0. The summed E-state index contributed by atoms with van der Waals surface area (Å²) in [5.41, 5.74) is 1.67. The molecule has 2 aromatic rings. The van der Waals surface area contributed by atoms with Crippen LogP contribution in [0.25, 0.3) is 0 Å². The van der Waals surface area contributed by atoms with Gasteiger partial charge >= 0.3 is 5.97 Å². The van der Waals surface area contributed by atoms with E-state index in [-0.39, 0.29) is 12.3 Å². The summed E-state index contributed by atoms with van der Waals surface area (Å²) >= 11 is 0. The van der Waals surface area contributed by atoms with Crippen molar-refractivity contribution < 1.29 is 19.4 Å². The zero-order valence-electron chi connectivity index (χ0n) is 12.0. The molecule has 5 nitrogen and oxygen atoms in total. The first kappa shape index (κ1) is 14.8. The van der Waals surface area contributed by atoms with E-state index in [2.05, 4.69) is 11.9 Å². The van der Waals surface area contributed by atoms with Crippen molar-refractivity contribution >= 4 is 5.97 Å². The van der Waals surface area contributed by atoms with Crippen molar-refractivity contribution in [2.45, 2.75) is 20.0 Å². The molecule has 0 radical (unpaired) electrons. The number of pyridine rings is 1. The minimum atomic E-state index is -1.07. The van der Waals surface area contributed by atoms with Gasteiger partial charge in [-0.2, -0.15) is 0 Å². The molecule has 0 atom stereocenters. The van der Waals surface area contributed by atoms with Crippen molar-refractivity contribution in [2.75, 3.05) is 7.11 Å². The number of carboxylic acids is 1. The summed E-state index contributed by atoms with van der Waals surface area (Å²) in [5.74, 6) is 0.146. The number of carboxylic acid groups (broad SMARTS) is 1. The Morgan fingerprint density at radius 1 is 1.29 bits per heavy atom. The Bertz CT molecular complexity index is 640. The first-order chi connectivity index (χ1) is 10.2. The van der Waals surface area contributed by atoms with Crippen LogP contribution < -0.4 is 9.47 Å². The highest BCUT2D eigenvalue weighted by Gasteiger charge is 2.12. The molecule has 1 heterocycles. The fourth-order valence-electron chi connectivity index (χ4n) is 1.95. The molecule has 0 aliphatic carbocycles. The van der Waals surface area contributed by atoms with Crippen LogP contribution in [0.1, 0.15) is 28.5 Å². The van der Waals surface area contributed by atoms with Gasteiger partial charge in [0.1, 0.15) is 6.61 Å². The van der Waals surface area contributed by atoms with Crippen LogP contribution in [0.3, 0.4) is 0 Å². The van der Waals surface area contributed by atoms with Crippen LogP contribution in [0.5, 0.6) is 11.5 Å². The summed E-state index contributed by atoms with van der Waals surface area (Å²) in [6.07, 6.45) is 2.35. The second kappa shape index (κ2) is 6.74. The lowest BCUT2D eigenvalue weighted by Crippen LogP contribution is -2.08. The highest BCUT2D eigenvalue weighted by atomic mass is 16.5. The van der Waals surface area contributed by atoms with Crippen molar-refractivity contribution in [2.24, 2.45) is 0 Å². The molecule has 21 heavy (non-hydrogen) atoms. The van der Waals surface area contributed by atoms with Crippen molar-refractivity contribution in [1.82, 2.24) is 4.98 Å². The minimum absolute atomic E-state index is 0.00152. The molecule has 0 saturated carbocycles. The van der Waals surface area contributed by atoms with E-state index in [1.807, 2.05) is 18.2 Å². The van der Waals surface area contributed by atoms with Crippen molar-refractivity contribution in [1.29, 1.82) is 0 Å². The smallest absolute Gasteiger partial charge is 0.354 e. The van der Waals surface area contributed by atoms with Crippen LogP contribution in [0, 0.1) is 0 Å². The minimum Gasteiger partial charge on any atom is -0.493 e. The van der Waals surface area contributed by atoms with Crippen molar-refractivity contribution in [3.63, 3.8) is 0 Å². The number of ether oxygens (including phenoxy) is 2. The van der Waals surface area contributed by atoms with Gasteiger partial charge in [-0.25, -0.2) is 9.78 Å². The molecule has 110 valence electrons. The number of aromatic carboxylic acids is 1. The molecule has 1 aromatic carbocycles. The van der Waals surface area contributed by atoms with Gasteiger partial charge in [0.2, 0.25) is 0 Å². The van der Waals surface area contributed by atoms with Crippen LogP contribution in [0.15, 0.2) is 36.5 Å². The largest absolute Gasteiger partial charge is 0.493 e. The third-order valence-electron chi connectivity index (χ3n) is 3.11. The average molecular weight is 287 g/mol. The lowest BCUT2D eigenvalue weighted by molar-refractivity contribution is 0.0687. The molecule has 0 bridgehead atoms. The van der Waals surface area contributed by atoms with Gasteiger partial charge in [-0.05, 0) is 30.2 Å². The number of carbonyl (C=O) groups is 1. The molecule has 0 aliphatic heterocycles. The van der Waals surface area contributed by atoms with Gasteiger partial charge in [-0.1, -0.05) is 19.1 Å². The van der Waals surface area contributed by atoms with E-state index in [4.69, 9.17) is 14.6 Å². The number of aromatic nitrogens is 1. The Kier molecular flexibility index (Phi) is 4.77. The topological polar surface area (TPSA) is 68.7 Å². The van der Waals surface area contributed by atoms with Gasteiger partial charge in [-0.15, -0.1) is 0 Å². The Hall–Kier alpha value is -2.56. The zero-order valence-corrected chi connectivity index (χ0v) is 12.0. The van der Waals surface area contributed by atoms with E-state index < -0.39 is 5.97 Å². The molecule has 0 saturated heterocycles. The van der Waals surface area contributed by atoms with E-state index in [9.17, 15) is 4.79 Å². The van der Waals surface area contributed by atoms with Crippen LogP contribution in [-0.4, -0.2) is 23.2 Å². The van der Waals surface area contributed by atoms with Crippen LogP contribution in [-0.2, 0) is 13.0 Å². The highest BCUT2D eigenvalue weighted by Crippen LogP contribution is 2.29. The predicted molar refractivity (Wildman–Crippen MR) is 77.9 cm³/mol. The molecule has 0 aliphatic rings. The molecular formula is C16H17NO4. The summed E-state index contributed by atoms with van der Waals surface area (Å²) in [6.45, 7) is 2.18. The standard InChI is InChI=1S/C16H17NO4/c1-3-11-6-7-13(14(9-11)20-2)21-10-12-5-4-8-17-15(12)16(18)19/h4-9H,3,10H2,1-2H3,(H,18,19). The second-order valence-electron chi connectivity index (χ2n) is 4.44. The normalized spacial score (nSPS) is 10.2. The van der Waals surface area contributed by atoms with Gasteiger partial charge in [-0.3, -0.25) is 0 Å². The quantitative estimate of drug-likeness (QED) is 0.884. The molecule has 0 fully saturated rings. The summed E-state index contributed by atoms with van der Waals surface area (Å²) in [7, 11) is 1.58.